The van der Waals surface area contributed by atoms with E-state index in [0.717, 1.165) is 12.8 Å². The smallest absolute Gasteiger partial charge is 0.335 e. The zero-order chi connectivity index (χ0) is 20.3. The summed E-state index contributed by atoms with van der Waals surface area (Å²) in [4.78, 5) is 31.5. The number of piperidine rings is 1. The molecule has 2 aliphatic rings. The third-order valence-corrected chi connectivity index (χ3v) is 5.72. The predicted molar refractivity (Wildman–Crippen MR) is 103 cm³/mol. The molecule has 0 radical (unpaired) electrons. The fourth-order valence-electron chi connectivity index (χ4n) is 3.83. The van der Waals surface area contributed by atoms with Crippen LogP contribution in [0.3, 0.4) is 0 Å². The standard InChI is InChI=1S/C19H26N6O3/c1-19(23-12-17(26)25-14(11-20)2-3-15(25)21)5-8-24(9-6-19)16-10-13(18(27)28)4-7-22-16/h4,7,10,14-15,23H,2-3,5-6,8-9,12,21H2,1H3,(H,27,28)/t14?,15-/m0/s1. The molecule has 1 amide bonds. The Morgan fingerprint density at radius 3 is 2.79 bits per heavy atom. The molecular formula is C19H26N6O3. The number of amides is 1. The van der Waals surface area contributed by atoms with Gasteiger partial charge in [0.15, 0.2) is 0 Å². The maximum Gasteiger partial charge on any atom is 0.335 e. The van der Waals surface area contributed by atoms with Gasteiger partial charge in [-0.1, -0.05) is 0 Å². The number of nitrogens with zero attached hydrogens (tertiary/aromatic N) is 4. The summed E-state index contributed by atoms with van der Waals surface area (Å²) >= 11 is 0. The van der Waals surface area contributed by atoms with Crippen molar-refractivity contribution in [2.45, 2.75) is 50.4 Å². The van der Waals surface area contributed by atoms with Gasteiger partial charge in [-0.3, -0.25) is 4.79 Å². The predicted octanol–water partition coefficient (Wildman–Crippen LogP) is 0.528. The van der Waals surface area contributed by atoms with E-state index in [4.69, 9.17) is 10.8 Å². The maximum atomic E-state index is 12.6. The van der Waals surface area contributed by atoms with Crippen molar-refractivity contribution in [2.75, 3.05) is 24.5 Å². The summed E-state index contributed by atoms with van der Waals surface area (Å²) in [5.41, 5.74) is 5.97. The van der Waals surface area contributed by atoms with Crippen LogP contribution >= 0.6 is 0 Å². The molecule has 9 heteroatoms. The van der Waals surface area contributed by atoms with E-state index < -0.39 is 12.0 Å². The van der Waals surface area contributed by atoms with Gasteiger partial charge in [0.2, 0.25) is 5.91 Å². The van der Waals surface area contributed by atoms with Gasteiger partial charge < -0.3 is 26.0 Å². The Bertz CT molecular complexity index is 784. The topological polar surface area (TPSA) is 136 Å². The third kappa shape index (κ3) is 4.24. The molecule has 1 unspecified atom stereocenters. The van der Waals surface area contributed by atoms with Gasteiger partial charge in [-0.15, -0.1) is 0 Å². The van der Waals surface area contributed by atoms with Crippen molar-refractivity contribution < 1.29 is 14.7 Å². The average Bonchev–Trinajstić information content (AvgIpc) is 3.07. The summed E-state index contributed by atoms with van der Waals surface area (Å²) in [6.45, 7) is 3.63. The molecule has 1 aromatic heterocycles. The number of carbonyl (C=O) groups excluding carboxylic acids is 1. The molecule has 2 atom stereocenters. The zero-order valence-corrected chi connectivity index (χ0v) is 16.0. The highest BCUT2D eigenvalue weighted by Crippen LogP contribution is 2.26. The van der Waals surface area contributed by atoms with Crippen LogP contribution in [0.25, 0.3) is 0 Å². The highest BCUT2D eigenvalue weighted by Gasteiger charge is 2.36. The Labute approximate surface area is 164 Å². The molecular weight excluding hydrogens is 360 g/mol. The number of carbonyl (C=O) groups is 2. The minimum atomic E-state index is -0.971. The van der Waals surface area contributed by atoms with Gasteiger partial charge in [-0.2, -0.15) is 5.26 Å². The van der Waals surface area contributed by atoms with Gasteiger partial charge in [0.25, 0.3) is 0 Å². The molecule has 28 heavy (non-hydrogen) atoms. The Morgan fingerprint density at radius 1 is 1.43 bits per heavy atom. The number of carboxylic acids is 1. The van der Waals surface area contributed by atoms with E-state index in [-0.39, 0.29) is 29.7 Å². The van der Waals surface area contributed by atoms with E-state index in [1.165, 1.54) is 17.2 Å². The molecule has 0 spiro atoms. The van der Waals surface area contributed by atoms with Crippen LogP contribution in [0, 0.1) is 11.3 Å². The normalized spacial score (nSPS) is 24.0. The van der Waals surface area contributed by atoms with Crippen molar-refractivity contribution in [1.29, 1.82) is 5.26 Å². The minimum Gasteiger partial charge on any atom is -0.478 e. The molecule has 2 fully saturated rings. The van der Waals surface area contributed by atoms with E-state index >= 15 is 0 Å². The van der Waals surface area contributed by atoms with Gasteiger partial charge in [0.05, 0.1) is 24.3 Å². The molecule has 4 N–H and O–H groups in total. The zero-order valence-electron chi connectivity index (χ0n) is 16.0. The summed E-state index contributed by atoms with van der Waals surface area (Å²) in [6.07, 6.45) is 3.96. The molecule has 1 aromatic rings. The number of aromatic nitrogens is 1. The summed E-state index contributed by atoms with van der Waals surface area (Å²) in [5.74, 6) is -0.463. The monoisotopic (exact) mass is 386 g/mol. The second-order valence-electron chi connectivity index (χ2n) is 7.70. The van der Waals surface area contributed by atoms with E-state index in [1.54, 1.807) is 6.07 Å². The van der Waals surface area contributed by atoms with Crippen LogP contribution < -0.4 is 16.0 Å². The molecule has 0 aromatic carbocycles. The number of carboxylic acid groups (broad SMARTS) is 1. The number of nitrogens with one attached hydrogen (secondary N) is 1. The molecule has 2 aliphatic heterocycles. The lowest BCUT2D eigenvalue weighted by atomic mass is 9.89. The van der Waals surface area contributed by atoms with Crippen LogP contribution in [0.4, 0.5) is 5.82 Å². The van der Waals surface area contributed by atoms with Gasteiger partial charge in [-0.25, -0.2) is 9.78 Å². The van der Waals surface area contributed by atoms with Crippen LogP contribution in [-0.2, 0) is 4.79 Å². The second kappa shape index (κ2) is 8.12. The number of anilines is 1. The number of rotatable bonds is 5. The lowest BCUT2D eigenvalue weighted by Gasteiger charge is -2.41. The first-order chi connectivity index (χ1) is 13.3. The van der Waals surface area contributed by atoms with E-state index in [2.05, 4.69) is 28.2 Å². The van der Waals surface area contributed by atoms with Crippen molar-refractivity contribution in [1.82, 2.24) is 15.2 Å². The quantitative estimate of drug-likeness (QED) is 0.667. The highest BCUT2D eigenvalue weighted by molar-refractivity contribution is 5.88. The van der Waals surface area contributed by atoms with Crippen LogP contribution in [-0.4, -0.2) is 64.2 Å². The molecule has 2 saturated heterocycles. The molecule has 3 rings (SSSR count). The van der Waals surface area contributed by atoms with Crippen LogP contribution in [0.2, 0.25) is 0 Å². The van der Waals surface area contributed by atoms with Crippen LogP contribution in [0.1, 0.15) is 43.0 Å². The first kappa shape index (κ1) is 20.0. The number of aromatic carboxylic acids is 1. The van der Waals surface area contributed by atoms with Gasteiger partial charge in [0, 0.05) is 24.8 Å². The first-order valence-corrected chi connectivity index (χ1v) is 9.49. The van der Waals surface area contributed by atoms with Crippen molar-refractivity contribution in [3.8, 4) is 6.07 Å². The van der Waals surface area contributed by atoms with Crippen LogP contribution in [0.15, 0.2) is 18.3 Å². The molecule has 3 heterocycles. The van der Waals surface area contributed by atoms with Gasteiger partial charge in [0.1, 0.15) is 11.9 Å². The minimum absolute atomic E-state index is 0.143. The first-order valence-electron chi connectivity index (χ1n) is 9.49. The van der Waals surface area contributed by atoms with Gasteiger partial charge in [-0.05, 0) is 44.7 Å². The van der Waals surface area contributed by atoms with Crippen LogP contribution in [0.5, 0.6) is 0 Å². The van der Waals surface area contributed by atoms with E-state index in [0.29, 0.717) is 31.7 Å². The number of nitrogens with two attached hydrogens (primary N) is 1. The molecule has 0 saturated carbocycles. The fourth-order valence-corrected chi connectivity index (χ4v) is 3.83. The Hall–Kier alpha value is -2.70. The molecule has 150 valence electrons. The summed E-state index contributed by atoms with van der Waals surface area (Å²) in [5, 5.41) is 21.7. The van der Waals surface area contributed by atoms with Crippen molar-refractivity contribution in [3.63, 3.8) is 0 Å². The SMILES string of the molecule is CC1(NCC(=O)N2C(C#N)CC[C@H]2N)CCN(c2cc(C(=O)O)ccn2)CC1. The van der Waals surface area contributed by atoms with E-state index in [1.807, 2.05) is 0 Å². The van der Waals surface area contributed by atoms with Crippen molar-refractivity contribution in [3.05, 3.63) is 23.9 Å². The van der Waals surface area contributed by atoms with Crippen molar-refractivity contribution in [2.24, 2.45) is 5.73 Å². The number of nitriles is 1. The number of hydrogen-bond acceptors (Lipinski definition) is 7. The Morgan fingerprint density at radius 2 is 2.14 bits per heavy atom. The van der Waals surface area contributed by atoms with E-state index in [9.17, 15) is 14.9 Å². The lowest BCUT2D eigenvalue weighted by molar-refractivity contribution is -0.132. The third-order valence-electron chi connectivity index (χ3n) is 5.72. The molecule has 0 bridgehead atoms. The maximum absolute atomic E-state index is 12.6. The fraction of sp³-hybridized carbons (Fsp3) is 0.579. The molecule has 0 aliphatic carbocycles. The number of hydrogen-bond donors (Lipinski definition) is 3. The Balaban J connectivity index is 1.55. The highest BCUT2D eigenvalue weighted by atomic mass is 16.4. The Kier molecular flexibility index (Phi) is 5.82. The summed E-state index contributed by atoms with van der Waals surface area (Å²) in [6, 6.07) is 4.77. The lowest BCUT2D eigenvalue weighted by Crippen LogP contribution is -2.56. The largest absolute Gasteiger partial charge is 0.478 e. The van der Waals surface area contributed by atoms with Gasteiger partial charge >= 0.3 is 5.97 Å². The summed E-state index contributed by atoms with van der Waals surface area (Å²) < 4.78 is 0. The molecule has 9 nitrogen and oxygen atoms in total. The average molecular weight is 386 g/mol. The van der Waals surface area contributed by atoms with Crippen molar-refractivity contribution >= 4 is 17.7 Å². The summed E-state index contributed by atoms with van der Waals surface area (Å²) in [7, 11) is 0. The second-order valence-corrected chi connectivity index (χ2v) is 7.70. The number of pyridine rings is 1. The number of likely N-dealkylation sites (tertiary alicyclic amines) is 1.